The van der Waals surface area contributed by atoms with Crippen LogP contribution >= 0.6 is 0 Å². The largest absolute Gasteiger partial charge is 0.480 e. The first kappa shape index (κ1) is 28.0. The molecule has 0 radical (unpaired) electrons. The van der Waals surface area contributed by atoms with Crippen LogP contribution in [0.15, 0.2) is 30.3 Å². The summed E-state index contributed by atoms with van der Waals surface area (Å²) >= 11 is 0. The Balaban J connectivity index is 2.26. The molecule has 0 aliphatic rings. The van der Waals surface area contributed by atoms with Crippen LogP contribution in [-0.4, -0.2) is 29.6 Å². The number of unbranched alkanes of at least 4 members (excludes halogenated alkanes) is 13. The molecule has 0 aliphatic carbocycles. The van der Waals surface area contributed by atoms with Crippen LogP contribution < -0.4 is 10.6 Å². The summed E-state index contributed by atoms with van der Waals surface area (Å²) < 4.78 is 0. The molecule has 0 saturated heterocycles. The molecule has 182 valence electrons. The van der Waals surface area contributed by atoms with Crippen LogP contribution in [0.1, 0.15) is 110 Å². The molecule has 1 amide bonds. The van der Waals surface area contributed by atoms with Gasteiger partial charge in [0.25, 0.3) is 0 Å². The lowest BCUT2D eigenvalue weighted by atomic mass is 10.0. The number of amides is 1. The number of nitrogens with zero attached hydrogens (tertiary/aromatic N) is 1. The van der Waals surface area contributed by atoms with Gasteiger partial charge in [0, 0.05) is 18.7 Å². The molecule has 0 aliphatic heterocycles. The second-order valence-corrected chi connectivity index (χ2v) is 8.98. The van der Waals surface area contributed by atoms with Crippen molar-refractivity contribution in [2.24, 2.45) is 5.73 Å². The molecule has 5 nitrogen and oxygen atoms in total. The van der Waals surface area contributed by atoms with Crippen molar-refractivity contribution in [3.8, 4) is 0 Å². The molecule has 1 unspecified atom stereocenters. The lowest BCUT2D eigenvalue weighted by Gasteiger charge is -2.31. The predicted molar refractivity (Wildman–Crippen MR) is 134 cm³/mol. The smallest absolute Gasteiger partial charge is 0.326 e. The van der Waals surface area contributed by atoms with E-state index in [2.05, 4.69) is 6.92 Å². The first-order valence-electron chi connectivity index (χ1n) is 12.9. The standard InChI is InChI=1S/C27H46N2O3/c1-2-3-4-5-6-7-8-9-10-11-12-13-14-18-23-29(24-19-16-15-17-20-24)25(27(31)32)21-22-26(28)30/h15-17,19-20,25H,2-14,18,21-23H2,1H3,(H2,28,30)(H,31,32). The zero-order valence-corrected chi connectivity index (χ0v) is 20.3. The van der Waals surface area contributed by atoms with Crippen LogP contribution in [0.3, 0.4) is 0 Å². The lowest BCUT2D eigenvalue weighted by molar-refractivity contribution is -0.138. The maximum absolute atomic E-state index is 11.9. The van der Waals surface area contributed by atoms with Crippen molar-refractivity contribution >= 4 is 17.6 Å². The number of anilines is 1. The molecule has 1 aromatic rings. The van der Waals surface area contributed by atoms with E-state index in [1.807, 2.05) is 35.2 Å². The number of hydrogen-bond acceptors (Lipinski definition) is 3. The molecule has 0 aromatic heterocycles. The Morgan fingerprint density at radius 2 is 1.28 bits per heavy atom. The number of para-hydroxylation sites is 1. The van der Waals surface area contributed by atoms with Crippen molar-refractivity contribution in [1.29, 1.82) is 0 Å². The number of carboxylic acid groups (broad SMARTS) is 1. The van der Waals surface area contributed by atoms with Crippen LogP contribution in [0.5, 0.6) is 0 Å². The minimum atomic E-state index is -0.902. The van der Waals surface area contributed by atoms with Gasteiger partial charge in [0.05, 0.1) is 0 Å². The number of primary amides is 1. The summed E-state index contributed by atoms with van der Waals surface area (Å²) in [6.07, 6.45) is 18.5. The number of carbonyl (C=O) groups is 2. The summed E-state index contributed by atoms with van der Waals surface area (Å²) in [6, 6.07) is 8.90. The number of hydrogen-bond donors (Lipinski definition) is 2. The van der Waals surface area contributed by atoms with Gasteiger partial charge >= 0.3 is 5.97 Å². The summed E-state index contributed by atoms with van der Waals surface area (Å²) in [5.41, 5.74) is 6.15. The summed E-state index contributed by atoms with van der Waals surface area (Å²) in [7, 11) is 0. The Kier molecular flexibility index (Phi) is 16.2. The van der Waals surface area contributed by atoms with Crippen molar-refractivity contribution in [3.63, 3.8) is 0 Å². The molecule has 0 heterocycles. The van der Waals surface area contributed by atoms with Crippen LogP contribution in [-0.2, 0) is 9.59 Å². The van der Waals surface area contributed by atoms with Crippen LogP contribution in [0, 0.1) is 0 Å². The molecule has 3 N–H and O–H groups in total. The maximum atomic E-state index is 11.9. The van der Waals surface area contributed by atoms with Gasteiger partial charge in [-0.3, -0.25) is 4.79 Å². The SMILES string of the molecule is CCCCCCCCCCCCCCCCN(c1ccccc1)C(CCC(N)=O)C(=O)O. The normalized spacial score (nSPS) is 11.9. The maximum Gasteiger partial charge on any atom is 0.326 e. The summed E-state index contributed by atoms with van der Waals surface area (Å²) in [4.78, 5) is 25.0. The Morgan fingerprint density at radius 1 is 0.812 bits per heavy atom. The Labute approximate surface area is 195 Å². The van der Waals surface area contributed by atoms with E-state index in [0.29, 0.717) is 6.54 Å². The highest BCUT2D eigenvalue weighted by Gasteiger charge is 2.25. The first-order valence-corrected chi connectivity index (χ1v) is 12.9. The molecule has 5 heteroatoms. The highest BCUT2D eigenvalue weighted by molar-refractivity contribution is 5.80. The summed E-state index contributed by atoms with van der Waals surface area (Å²) in [5.74, 6) is -1.36. The average Bonchev–Trinajstić information content (AvgIpc) is 2.78. The van der Waals surface area contributed by atoms with Gasteiger partial charge < -0.3 is 15.7 Å². The van der Waals surface area contributed by atoms with Gasteiger partial charge in [0.1, 0.15) is 6.04 Å². The number of rotatable bonds is 21. The molecule has 1 rings (SSSR count). The Hall–Kier alpha value is -2.04. The minimum absolute atomic E-state index is 0.0824. The number of carboxylic acids is 1. The van der Waals surface area contributed by atoms with Crippen molar-refractivity contribution < 1.29 is 14.7 Å². The van der Waals surface area contributed by atoms with E-state index in [4.69, 9.17) is 5.73 Å². The van der Waals surface area contributed by atoms with E-state index in [-0.39, 0.29) is 12.8 Å². The van der Waals surface area contributed by atoms with Gasteiger partial charge in [0.15, 0.2) is 0 Å². The zero-order chi connectivity index (χ0) is 23.4. The summed E-state index contributed by atoms with van der Waals surface area (Å²) in [6.45, 7) is 2.94. The molecule has 0 spiro atoms. The zero-order valence-electron chi connectivity index (χ0n) is 20.3. The number of aliphatic carboxylic acids is 1. The van der Waals surface area contributed by atoms with Gasteiger partial charge in [-0.05, 0) is 25.0 Å². The molecule has 0 bridgehead atoms. The van der Waals surface area contributed by atoms with E-state index < -0.39 is 17.9 Å². The van der Waals surface area contributed by atoms with Gasteiger partial charge in [-0.25, -0.2) is 4.79 Å². The van der Waals surface area contributed by atoms with Gasteiger partial charge in [-0.15, -0.1) is 0 Å². The third-order valence-corrected chi connectivity index (χ3v) is 6.17. The lowest BCUT2D eigenvalue weighted by Crippen LogP contribution is -2.42. The van der Waals surface area contributed by atoms with Gasteiger partial charge in [-0.2, -0.15) is 0 Å². The molecule has 0 fully saturated rings. The van der Waals surface area contributed by atoms with Gasteiger partial charge in [0.2, 0.25) is 5.91 Å². The van der Waals surface area contributed by atoms with Crippen molar-refractivity contribution in [3.05, 3.63) is 30.3 Å². The average molecular weight is 447 g/mol. The molecule has 1 atom stereocenters. The highest BCUT2D eigenvalue weighted by Crippen LogP contribution is 2.21. The molecular weight excluding hydrogens is 400 g/mol. The molecule has 1 aromatic carbocycles. The van der Waals surface area contributed by atoms with Crippen LogP contribution in [0.4, 0.5) is 5.69 Å². The number of benzene rings is 1. The second kappa shape index (κ2) is 18.5. The fraction of sp³-hybridized carbons (Fsp3) is 0.704. The van der Waals surface area contributed by atoms with Crippen LogP contribution in [0.2, 0.25) is 0 Å². The quantitative estimate of drug-likeness (QED) is 0.206. The predicted octanol–water partition coefficient (Wildman–Crippen LogP) is 6.69. The van der Waals surface area contributed by atoms with E-state index in [1.54, 1.807) is 0 Å². The second-order valence-electron chi connectivity index (χ2n) is 8.98. The molecular formula is C27H46N2O3. The Morgan fingerprint density at radius 3 is 1.72 bits per heavy atom. The topological polar surface area (TPSA) is 83.6 Å². The third-order valence-electron chi connectivity index (χ3n) is 6.17. The number of carbonyl (C=O) groups excluding carboxylic acids is 1. The van der Waals surface area contributed by atoms with Gasteiger partial charge in [-0.1, -0.05) is 109 Å². The highest BCUT2D eigenvalue weighted by atomic mass is 16.4. The fourth-order valence-electron chi connectivity index (χ4n) is 4.25. The van der Waals surface area contributed by atoms with Crippen molar-refractivity contribution in [2.75, 3.05) is 11.4 Å². The monoisotopic (exact) mass is 446 g/mol. The summed E-state index contributed by atoms with van der Waals surface area (Å²) in [5, 5.41) is 9.74. The minimum Gasteiger partial charge on any atom is -0.480 e. The first-order chi connectivity index (χ1) is 15.6. The van der Waals surface area contributed by atoms with E-state index in [1.165, 1.54) is 77.0 Å². The third kappa shape index (κ3) is 13.4. The fourth-order valence-corrected chi connectivity index (χ4v) is 4.25. The van der Waals surface area contributed by atoms with E-state index in [0.717, 1.165) is 18.5 Å². The van der Waals surface area contributed by atoms with Crippen LogP contribution in [0.25, 0.3) is 0 Å². The molecule has 32 heavy (non-hydrogen) atoms. The Bertz CT molecular complexity index is 606. The van der Waals surface area contributed by atoms with Crippen molar-refractivity contribution in [1.82, 2.24) is 0 Å². The molecule has 0 saturated carbocycles. The van der Waals surface area contributed by atoms with E-state index >= 15 is 0 Å². The number of nitrogens with two attached hydrogens (primary N) is 1. The van der Waals surface area contributed by atoms with E-state index in [9.17, 15) is 14.7 Å². The van der Waals surface area contributed by atoms with Crippen molar-refractivity contribution in [2.45, 2.75) is 116 Å².